The van der Waals surface area contributed by atoms with Gasteiger partial charge in [-0.3, -0.25) is 0 Å². The molecule has 0 aliphatic heterocycles. The first-order valence-corrected chi connectivity index (χ1v) is 6.00. The zero-order valence-electron chi connectivity index (χ0n) is 10.5. The summed E-state index contributed by atoms with van der Waals surface area (Å²) < 4.78 is 2.16. The molecule has 0 saturated carbocycles. The van der Waals surface area contributed by atoms with Crippen LogP contribution < -0.4 is 0 Å². The van der Waals surface area contributed by atoms with Gasteiger partial charge in [0.25, 0.3) is 0 Å². The van der Waals surface area contributed by atoms with Gasteiger partial charge in [-0.05, 0) is 57.7 Å². The quantitative estimate of drug-likeness (QED) is 0.785. The van der Waals surface area contributed by atoms with Gasteiger partial charge in [-0.2, -0.15) is 0 Å². The molecule has 3 nitrogen and oxygen atoms in total. The van der Waals surface area contributed by atoms with Crippen LogP contribution in [0.15, 0.2) is 42.7 Å². The smallest absolute Gasteiger partial charge is 0.136 e. The van der Waals surface area contributed by atoms with Gasteiger partial charge in [0, 0.05) is 18.1 Å². The summed E-state index contributed by atoms with van der Waals surface area (Å²) in [6.07, 6.45) is 6.16. The number of aromatic nitrogens is 2. The van der Waals surface area contributed by atoms with Crippen LogP contribution in [0, 0.1) is 0 Å². The van der Waals surface area contributed by atoms with Crippen LogP contribution in [0.5, 0.6) is 0 Å². The first-order chi connectivity index (χ1) is 8.27. The number of pyridine rings is 1. The van der Waals surface area contributed by atoms with E-state index in [1.54, 1.807) is 0 Å². The highest BCUT2D eigenvalue weighted by Gasteiger charge is 2.03. The maximum atomic E-state index is 4.38. The second-order valence-corrected chi connectivity index (χ2v) is 4.46. The molecule has 0 amide bonds. The summed E-state index contributed by atoms with van der Waals surface area (Å²) in [5, 5.41) is 0. The standard InChI is InChI=1S/C14H19N3/c1-16(2)11-5-7-13-8-6-12-17(13)14-9-3-4-10-15-14/h3-4,6,8-10,12H,5,7,11H2,1-2H3. The van der Waals surface area contributed by atoms with Gasteiger partial charge in [-0.25, -0.2) is 4.98 Å². The van der Waals surface area contributed by atoms with Crippen molar-refractivity contribution in [3.63, 3.8) is 0 Å². The van der Waals surface area contributed by atoms with Gasteiger partial charge in [0.15, 0.2) is 0 Å². The minimum atomic E-state index is 0.998. The average molecular weight is 229 g/mol. The van der Waals surface area contributed by atoms with Crippen molar-refractivity contribution in [3.05, 3.63) is 48.4 Å². The van der Waals surface area contributed by atoms with Crippen molar-refractivity contribution in [3.8, 4) is 5.82 Å². The molecule has 3 heteroatoms. The molecule has 0 atom stereocenters. The molecule has 0 fully saturated rings. The lowest BCUT2D eigenvalue weighted by Crippen LogP contribution is -2.14. The van der Waals surface area contributed by atoms with E-state index in [-0.39, 0.29) is 0 Å². The molecular formula is C14H19N3. The van der Waals surface area contributed by atoms with Crippen molar-refractivity contribution in [2.45, 2.75) is 12.8 Å². The Morgan fingerprint density at radius 1 is 1.18 bits per heavy atom. The van der Waals surface area contributed by atoms with E-state index in [1.807, 2.05) is 24.4 Å². The van der Waals surface area contributed by atoms with Crippen molar-refractivity contribution in [1.82, 2.24) is 14.5 Å². The summed E-state index contributed by atoms with van der Waals surface area (Å²) in [6, 6.07) is 10.3. The van der Waals surface area contributed by atoms with Gasteiger partial charge in [0.1, 0.15) is 5.82 Å². The van der Waals surface area contributed by atoms with Crippen molar-refractivity contribution in [2.24, 2.45) is 0 Å². The summed E-state index contributed by atoms with van der Waals surface area (Å²) in [7, 11) is 4.22. The Morgan fingerprint density at radius 3 is 2.76 bits per heavy atom. The largest absolute Gasteiger partial charge is 0.309 e. The summed E-state index contributed by atoms with van der Waals surface area (Å²) in [5.74, 6) is 0.998. The van der Waals surface area contributed by atoms with E-state index >= 15 is 0 Å². The first-order valence-electron chi connectivity index (χ1n) is 6.00. The predicted octanol–water partition coefficient (Wildman–Crippen LogP) is 2.37. The van der Waals surface area contributed by atoms with Crippen molar-refractivity contribution in [1.29, 1.82) is 0 Å². The van der Waals surface area contributed by atoms with E-state index in [9.17, 15) is 0 Å². The fraction of sp³-hybridized carbons (Fsp3) is 0.357. The van der Waals surface area contributed by atoms with E-state index in [0.717, 1.165) is 18.8 Å². The molecule has 2 aromatic rings. The third-order valence-corrected chi connectivity index (χ3v) is 2.77. The molecule has 0 radical (unpaired) electrons. The monoisotopic (exact) mass is 229 g/mol. The van der Waals surface area contributed by atoms with Gasteiger partial charge < -0.3 is 9.47 Å². The third kappa shape index (κ3) is 3.17. The number of rotatable bonds is 5. The number of aryl methyl sites for hydroxylation is 1. The first kappa shape index (κ1) is 11.9. The topological polar surface area (TPSA) is 21.1 Å². The molecular weight excluding hydrogens is 210 g/mol. The SMILES string of the molecule is CN(C)CCCc1cccn1-c1ccccn1. The van der Waals surface area contributed by atoms with E-state index in [4.69, 9.17) is 0 Å². The Balaban J connectivity index is 2.07. The van der Waals surface area contributed by atoms with Crippen LogP contribution in [0.3, 0.4) is 0 Å². The van der Waals surface area contributed by atoms with Crippen LogP contribution in [0.2, 0.25) is 0 Å². The zero-order valence-corrected chi connectivity index (χ0v) is 10.5. The molecule has 0 unspecified atom stereocenters. The lowest BCUT2D eigenvalue weighted by molar-refractivity contribution is 0.399. The minimum absolute atomic E-state index is 0.998. The van der Waals surface area contributed by atoms with Gasteiger partial charge in [0.05, 0.1) is 0 Å². The molecule has 0 aliphatic carbocycles. The van der Waals surface area contributed by atoms with E-state index in [0.29, 0.717) is 0 Å². The van der Waals surface area contributed by atoms with Crippen LogP contribution in [-0.4, -0.2) is 35.1 Å². The van der Waals surface area contributed by atoms with Crippen LogP contribution in [0.4, 0.5) is 0 Å². The van der Waals surface area contributed by atoms with E-state index in [2.05, 4.69) is 46.9 Å². The van der Waals surface area contributed by atoms with Gasteiger partial charge in [0.2, 0.25) is 0 Å². The Hall–Kier alpha value is -1.61. The van der Waals surface area contributed by atoms with Crippen molar-refractivity contribution in [2.75, 3.05) is 20.6 Å². The Kier molecular flexibility index (Phi) is 3.94. The highest BCUT2D eigenvalue weighted by atomic mass is 15.1. The molecule has 0 aliphatic rings. The second kappa shape index (κ2) is 5.64. The summed E-state index contributed by atoms with van der Waals surface area (Å²) >= 11 is 0. The maximum absolute atomic E-state index is 4.38. The molecule has 0 bridgehead atoms. The van der Waals surface area contributed by atoms with E-state index < -0.39 is 0 Å². The van der Waals surface area contributed by atoms with Gasteiger partial charge in [-0.1, -0.05) is 6.07 Å². The number of hydrogen-bond acceptors (Lipinski definition) is 2. The lowest BCUT2D eigenvalue weighted by Gasteiger charge is -2.11. The summed E-state index contributed by atoms with van der Waals surface area (Å²) in [4.78, 5) is 6.59. The van der Waals surface area contributed by atoms with E-state index in [1.165, 1.54) is 12.1 Å². The zero-order chi connectivity index (χ0) is 12.1. The maximum Gasteiger partial charge on any atom is 0.136 e. The highest BCUT2D eigenvalue weighted by Crippen LogP contribution is 2.11. The molecule has 17 heavy (non-hydrogen) atoms. The third-order valence-electron chi connectivity index (χ3n) is 2.77. The number of nitrogens with zero attached hydrogens (tertiary/aromatic N) is 3. The Labute approximate surface area is 103 Å². The Bertz CT molecular complexity index is 446. The molecule has 2 heterocycles. The number of hydrogen-bond donors (Lipinski definition) is 0. The van der Waals surface area contributed by atoms with Crippen molar-refractivity contribution >= 4 is 0 Å². The minimum Gasteiger partial charge on any atom is -0.309 e. The predicted molar refractivity (Wildman–Crippen MR) is 70.4 cm³/mol. The molecule has 0 saturated heterocycles. The average Bonchev–Trinajstić information content (AvgIpc) is 2.78. The molecule has 0 aromatic carbocycles. The summed E-state index contributed by atoms with van der Waals surface area (Å²) in [5.41, 5.74) is 1.32. The van der Waals surface area contributed by atoms with Gasteiger partial charge in [-0.15, -0.1) is 0 Å². The van der Waals surface area contributed by atoms with Crippen LogP contribution >= 0.6 is 0 Å². The molecule has 0 spiro atoms. The lowest BCUT2D eigenvalue weighted by atomic mass is 10.2. The Morgan fingerprint density at radius 2 is 2.06 bits per heavy atom. The molecule has 2 rings (SSSR count). The fourth-order valence-corrected chi connectivity index (χ4v) is 1.92. The van der Waals surface area contributed by atoms with Crippen LogP contribution in [-0.2, 0) is 6.42 Å². The van der Waals surface area contributed by atoms with Gasteiger partial charge >= 0.3 is 0 Å². The fourth-order valence-electron chi connectivity index (χ4n) is 1.92. The normalized spacial score (nSPS) is 11.0. The van der Waals surface area contributed by atoms with Crippen molar-refractivity contribution < 1.29 is 0 Å². The molecule has 2 aromatic heterocycles. The highest BCUT2D eigenvalue weighted by molar-refractivity contribution is 5.27. The van der Waals surface area contributed by atoms with Crippen LogP contribution in [0.1, 0.15) is 12.1 Å². The molecule has 90 valence electrons. The van der Waals surface area contributed by atoms with Crippen LogP contribution in [0.25, 0.3) is 5.82 Å². The second-order valence-electron chi connectivity index (χ2n) is 4.46. The molecule has 0 N–H and O–H groups in total. The summed E-state index contributed by atoms with van der Waals surface area (Å²) in [6.45, 7) is 1.12.